The zero-order valence-electron chi connectivity index (χ0n) is 24.5. The summed E-state index contributed by atoms with van der Waals surface area (Å²) in [6.45, 7) is 2.65. The fourth-order valence-corrected chi connectivity index (χ4v) is 7.19. The number of hydrogen-bond acceptors (Lipinski definition) is 6. The van der Waals surface area contributed by atoms with E-state index in [9.17, 15) is 26.8 Å². The zero-order chi connectivity index (χ0) is 32.0. The Bertz CT molecular complexity index is 1560. The van der Waals surface area contributed by atoms with Gasteiger partial charge in [0.05, 0.1) is 13.4 Å². The molecule has 3 N–H and O–H groups in total. The van der Waals surface area contributed by atoms with Gasteiger partial charge in [-0.05, 0) is 67.3 Å². The Hall–Kier alpha value is -3.94. The minimum Gasteiger partial charge on any atom is -0.453 e. The second kappa shape index (κ2) is 14.2. The van der Waals surface area contributed by atoms with Crippen molar-refractivity contribution < 1.29 is 35.9 Å². The first-order chi connectivity index (χ1) is 20.9. The molecule has 1 aliphatic heterocycles. The predicted molar refractivity (Wildman–Crippen MR) is 160 cm³/mol. The smallest absolute Gasteiger partial charge is 0.407 e. The van der Waals surface area contributed by atoms with Crippen LogP contribution in [0.3, 0.4) is 0 Å². The van der Waals surface area contributed by atoms with Gasteiger partial charge >= 0.3 is 6.09 Å². The summed E-state index contributed by atoms with van der Waals surface area (Å²) < 4.78 is 75.1. The van der Waals surface area contributed by atoms with E-state index in [1.807, 2.05) is 0 Å². The van der Waals surface area contributed by atoms with Crippen molar-refractivity contribution >= 4 is 27.7 Å². The van der Waals surface area contributed by atoms with E-state index in [1.165, 1.54) is 71.0 Å². The summed E-state index contributed by atoms with van der Waals surface area (Å²) in [7, 11) is -2.43. The summed E-state index contributed by atoms with van der Waals surface area (Å²) in [6.07, 6.45) is 0.508. The van der Waals surface area contributed by atoms with Crippen molar-refractivity contribution in [1.29, 1.82) is 0 Å². The Balaban J connectivity index is 1.68. The predicted octanol–water partition coefficient (Wildman–Crippen LogP) is 4.15. The highest BCUT2D eigenvalue weighted by Gasteiger charge is 2.36. The van der Waals surface area contributed by atoms with Gasteiger partial charge in [-0.3, -0.25) is 4.79 Å². The topological polar surface area (TPSA) is 117 Å². The third-order valence-corrected chi connectivity index (χ3v) is 9.02. The normalized spacial score (nSPS) is 18.1. The average molecular weight is 633 g/mol. The second-order valence-electron chi connectivity index (χ2n) is 10.7. The highest BCUT2D eigenvalue weighted by molar-refractivity contribution is 7.88. The number of nitrogens with zero attached hydrogens (tertiary/aromatic N) is 1. The maximum absolute atomic E-state index is 15.2. The lowest BCUT2D eigenvalue weighted by molar-refractivity contribution is -0.118. The number of alkyl carbamates (subject to hydrolysis) is 1. The maximum atomic E-state index is 15.2. The SMILES string of the molecule is COC(=O)N[C@H](C(=O)Nc1cccc(F)c1CC[C@H]1CNC[C@H](C)N1S(C)(=O)=O)C(c1cccc(F)c1)c1cccc(F)c1. The van der Waals surface area contributed by atoms with E-state index in [4.69, 9.17) is 4.74 Å². The van der Waals surface area contributed by atoms with E-state index >= 15 is 4.39 Å². The average Bonchev–Trinajstić information content (AvgIpc) is 2.96. The van der Waals surface area contributed by atoms with Crippen molar-refractivity contribution in [3.05, 3.63) is 101 Å². The molecule has 0 bridgehead atoms. The molecule has 0 radical (unpaired) electrons. The number of sulfonamides is 1. The molecule has 0 aromatic heterocycles. The first-order valence-electron chi connectivity index (χ1n) is 14.0. The van der Waals surface area contributed by atoms with Crippen molar-refractivity contribution in [1.82, 2.24) is 14.9 Å². The molecule has 1 fully saturated rings. The highest BCUT2D eigenvalue weighted by Crippen LogP contribution is 2.31. The molecule has 1 aliphatic rings. The van der Waals surface area contributed by atoms with Crippen LogP contribution in [0, 0.1) is 17.5 Å². The number of carbonyl (C=O) groups excluding carboxylic acids is 2. The van der Waals surface area contributed by atoms with Gasteiger partial charge < -0.3 is 20.7 Å². The van der Waals surface area contributed by atoms with Crippen LogP contribution in [0.4, 0.5) is 23.7 Å². The number of ether oxygens (including phenoxy) is 1. The van der Waals surface area contributed by atoms with E-state index in [1.54, 1.807) is 6.92 Å². The van der Waals surface area contributed by atoms with E-state index in [2.05, 4.69) is 16.0 Å². The van der Waals surface area contributed by atoms with Gasteiger partial charge in [0, 0.05) is 42.3 Å². The van der Waals surface area contributed by atoms with Crippen molar-refractivity contribution in [3.63, 3.8) is 0 Å². The number of halogens is 3. The quantitative estimate of drug-likeness (QED) is 0.309. The lowest BCUT2D eigenvalue weighted by Crippen LogP contribution is -2.58. The molecule has 3 aromatic carbocycles. The van der Waals surface area contributed by atoms with Crippen LogP contribution in [0.1, 0.15) is 36.0 Å². The van der Waals surface area contributed by atoms with Gasteiger partial charge in [-0.15, -0.1) is 0 Å². The van der Waals surface area contributed by atoms with E-state index in [0.29, 0.717) is 13.1 Å². The molecule has 0 saturated carbocycles. The van der Waals surface area contributed by atoms with Crippen LogP contribution in [0.5, 0.6) is 0 Å². The fourth-order valence-electron chi connectivity index (χ4n) is 5.74. The molecule has 3 atom stereocenters. The lowest BCUT2D eigenvalue weighted by Gasteiger charge is -2.39. The number of amides is 2. The number of piperazine rings is 1. The van der Waals surface area contributed by atoms with Crippen molar-refractivity contribution in [3.8, 4) is 0 Å². The number of methoxy groups -OCH3 is 1. The Labute approximate surface area is 254 Å². The van der Waals surface area contributed by atoms with Crippen molar-refractivity contribution in [2.45, 2.75) is 43.8 Å². The fraction of sp³-hybridized carbons (Fsp3) is 0.355. The number of anilines is 1. The molecule has 1 heterocycles. The summed E-state index contributed by atoms with van der Waals surface area (Å²) in [6, 6.07) is 12.6. The largest absolute Gasteiger partial charge is 0.453 e. The van der Waals surface area contributed by atoms with Crippen LogP contribution in [0.15, 0.2) is 66.7 Å². The molecule has 2 amide bonds. The van der Waals surface area contributed by atoms with Crippen LogP contribution < -0.4 is 16.0 Å². The zero-order valence-corrected chi connectivity index (χ0v) is 25.3. The molecule has 4 rings (SSSR count). The highest BCUT2D eigenvalue weighted by atomic mass is 32.2. The number of carbonyl (C=O) groups is 2. The number of hydrogen-bond donors (Lipinski definition) is 3. The molecule has 3 aromatic rings. The van der Waals surface area contributed by atoms with Crippen LogP contribution in [-0.4, -0.2) is 69.3 Å². The first kappa shape index (κ1) is 33.0. The molecule has 44 heavy (non-hydrogen) atoms. The number of benzene rings is 3. The van der Waals surface area contributed by atoms with Gasteiger partial charge in [-0.2, -0.15) is 4.31 Å². The molecule has 236 valence electrons. The third kappa shape index (κ3) is 7.96. The number of nitrogens with one attached hydrogen (secondary N) is 3. The molecule has 13 heteroatoms. The van der Waals surface area contributed by atoms with Crippen LogP contribution in [0.2, 0.25) is 0 Å². The van der Waals surface area contributed by atoms with E-state index in [0.717, 1.165) is 13.4 Å². The van der Waals surface area contributed by atoms with E-state index in [-0.39, 0.29) is 41.3 Å². The first-order valence-corrected chi connectivity index (χ1v) is 15.9. The minimum absolute atomic E-state index is 0.0830. The summed E-state index contributed by atoms with van der Waals surface area (Å²) in [5.74, 6) is -3.71. The Kier molecular flexibility index (Phi) is 10.7. The summed E-state index contributed by atoms with van der Waals surface area (Å²) in [5.41, 5.74) is 0.779. The van der Waals surface area contributed by atoms with Gasteiger partial charge in [0.1, 0.15) is 23.5 Å². The molecule has 0 aliphatic carbocycles. The van der Waals surface area contributed by atoms with Gasteiger partial charge in [-0.25, -0.2) is 26.4 Å². The molecule has 9 nitrogen and oxygen atoms in total. The molecular formula is C31H35F3N4O5S. The molecule has 0 unspecified atom stereocenters. The molecule has 1 saturated heterocycles. The second-order valence-corrected chi connectivity index (χ2v) is 12.6. The summed E-state index contributed by atoms with van der Waals surface area (Å²) in [5, 5.41) is 8.36. The Morgan fingerprint density at radius 1 is 1.00 bits per heavy atom. The Morgan fingerprint density at radius 2 is 1.61 bits per heavy atom. The van der Waals surface area contributed by atoms with Crippen molar-refractivity contribution in [2.75, 3.05) is 31.8 Å². The number of rotatable bonds is 10. The van der Waals surface area contributed by atoms with Crippen LogP contribution in [0.25, 0.3) is 0 Å². The van der Waals surface area contributed by atoms with Gasteiger partial charge in [0.2, 0.25) is 15.9 Å². The van der Waals surface area contributed by atoms with Crippen molar-refractivity contribution in [2.24, 2.45) is 0 Å². The Morgan fingerprint density at radius 3 is 2.18 bits per heavy atom. The maximum Gasteiger partial charge on any atom is 0.407 e. The standard InChI is InChI=1S/C31H35F3N4O5S/c1-19-17-35-18-24(38(19)44(3,41)42)13-14-25-26(34)11-6-12-27(25)36-30(39)29(37-31(40)43-2)28(20-7-4-9-22(32)15-20)21-8-5-10-23(33)16-21/h4-12,15-16,19,24,28-29,35H,13-14,17-18H2,1-3H3,(H,36,39)(H,37,40)/t19-,24-,29-/m0/s1. The summed E-state index contributed by atoms with van der Waals surface area (Å²) >= 11 is 0. The van der Waals surface area contributed by atoms with Gasteiger partial charge in [-0.1, -0.05) is 30.3 Å². The van der Waals surface area contributed by atoms with Gasteiger partial charge in [0.15, 0.2) is 0 Å². The van der Waals surface area contributed by atoms with Crippen LogP contribution >= 0.6 is 0 Å². The third-order valence-electron chi connectivity index (χ3n) is 7.59. The molecular weight excluding hydrogens is 597 g/mol. The van der Waals surface area contributed by atoms with Crippen LogP contribution in [-0.2, 0) is 26.0 Å². The minimum atomic E-state index is -3.54. The monoisotopic (exact) mass is 632 g/mol. The van der Waals surface area contributed by atoms with Gasteiger partial charge in [0.25, 0.3) is 0 Å². The summed E-state index contributed by atoms with van der Waals surface area (Å²) in [4.78, 5) is 26.4. The molecule has 0 spiro atoms. The lowest BCUT2D eigenvalue weighted by atomic mass is 9.84. The van der Waals surface area contributed by atoms with E-state index < -0.39 is 57.5 Å².